The summed E-state index contributed by atoms with van der Waals surface area (Å²) in [5.41, 5.74) is 0. The van der Waals surface area contributed by atoms with E-state index in [-0.39, 0.29) is 25.9 Å². The van der Waals surface area contributed by atoms with Crippen LogP contribution in [0.3, 0.4) is 0 Å². The third kappa shape index (κ3) is 43.7. The molecule has 12 nitrogen and oxygen atoms in total. The molecule has 1 aliphatic heterocycles. The molecule has 0 radical (unpaired) electrons. The molecule has 3 N–H and O–H groups in total. The summed E-state index contributed by atoms with van der Waals surface area (Å²) < 4.78 is 28.5. The van der Waals surface area contributed by atoms with Crippen LogP contribution in [0.25, 0.3) is 0 Å². The van der Waals surface area contributed by atoms with Gasteiger partial charge in [-0.3, -0.25) is 14.4 Å². The fraction of sp³-hybridized carbons (Fsp3) is 0.877. The molecule has 1 saturated heterocycles. The summed E-state index contributed by atoms with van der Waals surface area (Å²) in [6.45, 7) is 5.99. The first-order chi connectivity index (χ1) is 37.6. The molecule has 6 atom stereocenters. The highest BCUT2D eigenvalue weighted by Gasteiger charge is 2.50. The number of hydrogen-bond acceptors (Lipinski definition) is 11. The minimum absolute atomic E-state index is 0.0651. The number of allylic oxidation sites excluding steroid dienone is 4. The number of hydrogen-bond donors (Lipinski definition) is 3. The van der Waals surface area contributed by atoms with Gasteiger partial charge in [0.2, 0.25) is 0 Å². The van der Waals surface area contributed by atoms with E-state index in [0.717, 1.165) is 64.2 Å². The van der Waals surface area contributed by atoms with E-state index < -0.39 is 67.3 Å². The highest BCUT2D eigenvalue weighted by Crippen LogP contribution is 2.27. The van der Waals surface area contributed by atoms with Crippen molar-refractivity contribution in [2.45, 2.75) is 353 Å². The van der Waals surface area contributed by atoms with Crippen LogP contribution in [0, 0.1) is 0 Å². The second-order valence-corrected chi connectivity index (χ2v) is 22.4. The number of aliphatic carboxylic acids is 1. The maximum Gasteiger partial charge on any atom is 0.335 e. The Hall–Kier alpha value is -2.80. The van der Waals surface area contributed by atoms with Gasteiger partial charge in [0.05, 0.1) is 6.61 Å². The number of unbranched alkanes of at least 4 members (excludes halogenated alkanes) is 38. The number of carbonyl (C=O) groups excluding carboxylic acids is 3. The molecule has 1 heterocycles. The second-order valence-electron chi connectivity index (χ2n) is 22.4. The van der Waals surface area contributed by atoms with Crippen molar-refractivity contribution in [2.75, 3.05) is 13.2 Å². The zero-order valence-electron chi connectivity index (χ0n) is 49.7. The minimum Gasteiger partial charge on any atom is -0.479 e. The van der Waals surface area contributed by atoms with Crippen LogP contribution in [-0.4, -0.2) is 89.2 Å². The van der Waals surface area contributed by atoms with Gasteiger partial charge in [0.1, 0.15) is 18.8 Å². The van der Waals surface area contributed by atoms with E-state index in [1.807, 2.05) is 0 Å². The smallest absolute Gasteiger partial charge is 0.335 e. The zero-order valence-corrected chi connectivity index (χ0v) is 49.7. The summed E-state index contributed by atoms with van der Waals surface area (Å²) in [7, 11) is 0. The number of aliphatic hydroxyl groups excluding tert-OH is 2. The predicted molar refractivity (Wildman–Crippen MR) is 313 cm³/mol. The lowest BCUT2D eigenvalue weighted by Crippen LogP contribution is -2.61. The molecule has 0 spiro atoms. The Morgan fingerprint density at radius 2 is 0.740 bits per heavy atom. The summed E-state index contributed by atoms with van der Waals surface area (Å²) >= 11 is 0. The largest absolute Gasteiger partial charge is 0.479 e. The summed E-state index contributed by atoms with van der Waals surface area (Å²) in [6.07, 6.45) is 50.2. The van der Waals surface area contributed by atoms with E-state index in [9.17, 15) is 34.5 Å². The third-order valence-electron chi connectivity index (χ3n) is 15.0. The molecule has 6 unspecified atom stereocenters. The predicted octanol–water partition coefficient (Wildman–Crippen LogP) is 17.0. The highest BCUT2D eigenvalue weighted by molar-refractivity contribution is 5.74. The molecular weight excluding hydrogens is 973 g/mol. The topological polar surface area (TPSA) is 175 Å². The Kier molecular flexibility index (Phi) is 50.5. The van der Waals surface area contributed by atoms with Crippen LogP contribution in [0.5, 0.6) is 0 Å². The van der Waals surface area contributed by atoms with Gasteiger partial charge in [-0.2, -0.15) is 0 Å². The summed E-state index contributed by atoms with van der Waals surface area (Å²) in [5.74, 6) is -3.09. The van der Waals surface area contributed by atoms with Gasteiger partial charge in [0, 0.05) is 19.3 Å². The van der Waals surface area contributed by atoms with Crippen LogP contribution in [0.1, 0.15) is 316 Å². The minimum atomic E-state index is -1.90. The first-order valence-electron chi connectivity index (χ1n) is 32.3. The Morgan fingerprint density at radius 1 is 0.416 bits per heavy atom. The van der Waals surface area contributed by atoms with Gasteiger partial charge >= 0.3 is 23.9 Å². The Labute approximate surface area is 470 Å². The normalized spacial score (nSPS) is 18.1. The van der Waals surface area contributed by atoms with Crippen molar-refractivity contribution in [1.82, 2.24) is 0 Å². The van der Waals surface area contributed by atoms with Crippen LogP contribution >= 0.6 is 0 Å². The first-order valence-corrected chi connectivity index (χ1v) is 32.3. The second kappa shape index (κ2) is 53.8. The zero-order chi connectivity index (χ0) is 56.1. The highest BCUT2D eigenvalue weighted by atomic mass is 16.7. The Balaban J connectivity index is 2.61. The first kappa shape index (κ1) is 72.2. The number of ether oxygens (including phenoxy) is 5. The van der Waals surface area contributed by atoms with E-state index >= 15 is 0 Å². The number of carbonyl (C=O) groups is 4. The standard InChI is InChI=1S/C65H118O12/c1-4-7-10-13-16-19-21-23-25-27-29-31-33-35-37-40-42-45-48-51-57(66)73-54-56(75-58(67)52-49-46-44-41-38-36-34-32-30-28-26-24-22-20-17-14-11-8-5-2)55-74-65-63(61(70)60(69)62(77-65)64(71)72)76-59(68)53-50-47-43-39-18-15-12-9-6-3/h23-26,56,60-63,65,69-70H,4-22,27-55H2,1-3H3,(H,71,72)/b25-23-,26-24-. The molecule has 0 aliphatic carbocycles. The SMILES string of the molecule is CCCCCCCC/C=C\CCCCCCCCCCCC(=O)OCC(COC1OC(C(=O)O)C(O)C(O)C1OC(=O)CCCCCCCCCCC)OC(=O)CCCCCCCCCCC/C=C\CCCCCCCC. The van der Waals surface area contributed by atoms with Gasteiger partial charge in [0.25, 0.3) is 0 Å². The number of aliphatic hydroxyl groups is 2. The summed E-state index contributed by atoms with van der Waals surface area (Å²) in [4.78, 5) is 51.2. The summed E-state index contributed by atoms with van der Waals surface area (Å²) in [6, 6.07) is 0. The van der Waals surface area contributed by atoms with Gasteiger partial charge in [-0.1, -0.05) is 251 Å². The average Bonchev–Trinajstić information content (AvgIpc) is 3.42. The summed E-state index contributed by atoms with van der Waals surface area (Å²) in [5, 5.41) is 31.5. The van der Waals surface area contributed by atoms with Gasteiger partial charge in [-0.15, -0.1) is 0 Å². The lowest BCUT2D eigenvalue weighted by molar-refractivity contribution is -0.301. The Morgan fingerprint density at radius 3 is 1.10 bits per heavy atom. The quantitative estimate of drug-likeness (QED) is 0.0228. The van der Waals surface area contributed by atoms with Crippen molar-refractivity contribution in [1.29, 1.82) is 0 Å². The van der Waals surface area contributed by atoms with Crippen LogP contribution in [0.4, 0.5) is 0 Å². The van der Waals surface area contributed by atoms with Crippen molar-refractivity contribution in [3.8, 4) is 0 Å². The van der Waals surface area contributed by atoms with Gasteiger partial charge in [-0.25, -0.2) is 4.79 Å². The third-order valence-corrected chi connectivity index (χ3v) is 15.0. The molecule has 1 aliphatic rings. The Bertz CT molecular complexity index is 1430. The molecular formula is C65H118O12. The number of carboxylic acids is 1. The van der Waals surface area contributed by atoms with E-state index in [1.165, 1.54) is 193 Å². The van der Waals surface area contributed by atoms with E-state index in [4.69, 9.17) is 23.7 Å². The van der Waals surface area contributed by atoms with E-state index in [2.05, 4.69) is 45.1 Å². The fourth-order valence-electron chi connectivity index (χ4n) is 10.0. The molecule has 0 aromatic heterocycles. The fourth-order valence-corrected chi connectivity index (χ4v) is 10.0. The molecule has 0 bridgehead atoms. The molecule has 0 aromatic carbocycles. The molecule has 0 aromatic rings. The molecule has 77 heavy (non-hydrogen) atoms. The molecule has 0 saturated carbocycles. The maximum absolute atomic E-state index is 13.2. The molecule has 0 amide bonds. The van der Waals surface area contributed by atoms with Crippen molar-refractivity contribution in [3.63, 3.8) is 0 Å². The van der Waals surface area contributed by atoms with Crippen molar-refractivity contribution < 1.29 is 58.2 Å². The number of rotatable bonds is 56. The van der Waals surface area contributed by atoms with Crippen LogP contribution in [0.15, 0.2) is 24.3 Å². The van der Waals surface area contributed by atoms with Crippen LogP contribution < -0.4 is 0 Å². The molecule has 12 heteroatoms. The monoisotopic (exact) mass is 1090 g/mol. The molecule has 1 fully saturated rings. The van der Waals surface area contributed by atoms with Gasteiger partial charge in [0.15, 0.2) is 24.6 Å². The van der Waals surface area contributed by atoms with Crippen molar-refractivity contribution in [2.24, 2.45) is 0 Å². The van der Waals surface area contributed by atoms with Crippen molar-refractivity contribution in [3.05, 3.63) is 24.3 Å². The molecule has 1 rings (SSSR count). The lowest BCUT2D eigenvalue weighted by atomic mass is 9.98. The average molecular weight is 1090 g/mol. The molecule has 450 valence electrons. The van der Waals surface area contributed by atoms with E-state index in [1.54, 1.807) is 0 Å². The van der Waals surface area contributed by atoms with Crippen LogP contribution in [0.2, 0.25) is 0 Å². The maximum atomic E-state index is 13.2. The van der Waals surface area contributed by atoms with Gasteiger partial charge < -0.3 is 39.0 Å². The number of esters is 3. The van der Waals surface area contributed by atoms with Crippen LogP contribution in [-0.2, 0) is 42.9 Å². The van der Waals surface area contributed by atoms with E-state index in [0.29, 0.717) is 19.3 Å². The van der Waals surface area contributed by atoms with Gasteiger partial charge in [-0.05, 0) is 70.6 Å². The lowest BCUT2D eigenvalue weighted by Gasteiger charge is -2.40. The van der Waals surface area contributed by atoms with Crippen molar-refractivity contribution >= 4 is 23.9 Å². The number of carboxylic acid groups (broad SMARTS) is 1.